The minimum absolute atomic E-state index is 0.405. The largest absolute Gasteiger partial charge is 0.455 e. The van der Waals surface area contributed by atoms with Gasteiger partial charge in [-0.15, -0.1) is 6.42 Å². The zero-order valence-corrected chi connectivity index (χ0v) is 20.5. The first-order valence-corrected chi connectivity index (χ1v) is 12.1. The summed E-state index contributed by atoms with van der Waals surface area (Å²) in [6, 6.07) is 17.2. The number of hydrogen-bond donors (Lipinski definition) is 2. The van der Waals surface area contributed by atoms with Crippen LogP contribution < -0.4 is 20.7 Å². The molecular weight excluding hydrogens is 476 g/mol. The summed E-state index contributed by atoms with van der Waals surface area (Å²) in [5.74, 6) is 3.48. The monoisotopic (exact) mass is 500 g/mol. The SMILES string of the molecule is C#Cc1cccc(Nc2c(C#N)cnc3cc(Oc4ccncc4)c(N4CCC(=CC(N)=O)CC4)cc23)c1. The molecule has 4 aromatic rings. The summed E-state index contributed by atoms with van der Waals surface area (Å²) < 4.78 is 6.29. The van der Waals surface area contributed by atoms with Gasteiger partial charge in [-0.2, -0.15) is 5.26 Å². The Kier molecular flexibility index (Phi) is 6.88. The van der Waals surface area contributed by atoms with Crippen molar-refractivity contribution < 1.29 is 9.53 Å². The van der Waals surface area contributed by atoms with E-state index in [1.54, 1.807) is 30.7 Å². The number of carbonyl (C=O) groups excluding carboxylic acids is 1. The molecule has 3 heterocycles. The van der Waals surface area contributed by atoms with Crippen molar-refractivity contribution in [3.05, 3.63) is 89.9 Å². The summed E-state index contributed by atoms with van der Waals surface area (Å²) in [4.78, 5) is 22.2. The van der Waals surface area contributed by atoms with Gasteiger partial charge >= 0.3 is 0 Å². The van der Waals surface area contributed by atoms with Crippen molar-refractivity contribution in [2.45, 2.75) is 12.8 Å². The molecule has 0 bridgehead atoms. The number of nitrogens with two attached hydrogens (primary N) is 1. The van der Waals surface area contributed by atoms with Gasteiger partial charge in [-0.1, -0.05) is 17.6 Å². The number of anilines is 3. The average molecular weight is 501 g/mol. The standard InChI is InChI=1S/C30H24N6O2/c1-2-20-4-3-5-23(14-20)35-30-22(18-31)19-34-26-17-28(38-24-6-10-33-11-7-24)27(16-25(26)30)36-12-8-21(9-13-36)15-29(32)37/h1,3-7,10-11,14-17,19H,8-9,12-13H2,(H2,32,37)(H,34,35). The molecule has 3 N–H and O–H groups in total. The lowest BCUT2D eigenvalue weighted by Crippen LogP contribution is -2.31. The lowest BCUT2D eigenvalue weighted by Gasteiger charge is -2.32. The number of nitrogens with one attached hydrogen (secondary N) is 1. The van der Waals surface area contributed by atoms with Gasteiger partial charge in [0.2, 0.25) is 5.91 Å². The smallest absolute Gasteiger partial charge is 0.241 e. The number of amides is 1. The molecule has 1 aliphatic heterocycles. The fourth-order valence-corrected chi connectivity index (χ4v) is 4.50. The quantitative estimate of drug-likeness (QED) is 0.282. The van der Waals surface area contributed by atoms with Crippen molar-refractivity contribution in [2.24, 2.45) is 5.73 Å². The maximum absolute atomic E-state index is 11.4. The second-order valence-electron chi connectivity index (χ2n) is 8.82. The molecule has 0 aliphatic carbocycles. The fraction of sp³-hybridized carbons (Fsp3) is 0.133. The molecule has 8 heteroatoms. The number of nitriles is 1. The first-order chi connectivity index (χ1) is 18.5. The summed E-state index contributed by atoms with van der Waals surface area (Å²) in [6.45, 7) is 1.35. The number of benzene rings is 2. The van der Waals surface area contributed by atoms with Crippen LogP contribution in [-0.2, 0) is 4.79 Å². The molecule has 8 nitrogen and oxygen atoms in total. The molecule has 1 amide bonds. The molecule has 0 spiro atoms. The number of nitrogens with zero attached hydrogens (tertiary/aromatic N) is 4. The molecule has 1 aliphatic rings. The number of aromatic nitrogens is 2. The first kappa shape index (κ1) is 24.4. The highest BCUT2D eigenvalue weighted by atomic mass is 16.5. The van der Waals surface area contributed by atoms with E-state index >= 15 is 0 Å². The molecule has 0 saturated carbocycles. The number of terminal acetylenes is 1. The third-order valence-corrected chi connectivity index (χ3v) is 6.34. The third kappa shape index (κ3) is 5.25. The van der Waals surface area contributed by atoms with Gasteiger partial charge in [0.15, 0.2) is 5.75 Å². The number of ether oxygens (including phenoxy) is 1. The average Bonchev–Trinajstić information content (AvgIpc) is 2.94. The Hall–Kier alpha value is -5.34. The predicted molar refractivity (Wildman–Crippen MR) is 147 cm³/mol. The van der Waals surface area contributed by atoms with Gasteiger partial charge in [0, 0.05) is 60.5 Å². The van der Waals surface area contributed by atoms with E-state index in [1.807, 2.05) is 36.4 Å². The maximum Gasteiger partial charge on any atom is 0.241 e. The van der Waals surface area contributed by atoms with Gasteiger partial charge in [0.25, 0.3) is 0 Å². The highest BCUT2D eigenvalue weighted by Gasteiger charge is 2.22. The minimum Gasteiger partial charge on any atom is -0.455 e. The van der Waals surface area contributed by atoms with Gasteiger partial charge < -0.3 is 20.7 Å². The van der Waals surface area contributed by atoms with Crippen LogP contribution in [0.5, 0.6) is 11.5 Å². The number of pyridine rings is 2. The van der Waals surface area contributed by atoms with Gasteiger partial charge in [-0.3, -0.25) is 14.8 Å². The second-order valence-corrected chi connectivity index (χ2v) is 8.82. The fourth-order valence-electron chi connectivity index (χ4n) is 4.50. The lowest BCUT2D eigenvalue weighted by atomic mass is 10.0. The van der Waals surface area contributed by atoms with Gasteiger partial charge in [0.05, 0.1) is 22.5 Å². The van der Waals surface area contributed by atoms with Crippen LogP contribution in [0.2, 0.25) is 0 Å². The second kappa shape index (κ2) is 10.7. The number of fused-ring (bicyclic) bond motifs is 1. The Balaban J connectivity index is 1.62. The summed E-state index contributed by atoms with van der Waals surface area (Å²) in [7, 11) is 0. The number of rotatable bonds is 6. The van der Waals surface area contributed by atoms with Crippen molar-refractivity contribution in [3.63, 3.8) is 0 Å². The Morgan fingerprint density at radius 2 is 1.95 bits per heavy atom. The number of carbonyl (C=O) groups is 1. The van der Waals surface area contributed by atoms with E-state index in [2.05, 4.69) is 32.2 Å². The van der Waals surface area contributed by atoms with Crippen molar-refractivity contribution in [1.82, 2.24) is 9.97 Å². The Bertz CT molecular complexity index is 1620. The summed E-state index contributed by atoms with van der Waals surface area (Å²) >= 11 is 0. The molecular formula is C30H24N6O2. The van der Waals surface area contributed by atoms with E-state index in [9.17, 15) is 10.1 Å². The first-order valence-electron chi connectivity index (χ1n) is 12.1. The zero-order valence-electron chi connectivity index (χ0n) is 20.5. The van der Waals surface area contributed by atoms with E-state index in [-0.39, 0.29) is 0 Å². The van der Waals surface area contributed by atoms with E-state index < -0.39 is 5.91 Å². The van der Waals surface area contributed by atoms with Crippen LogP contribution in [0.15, 0.2) is 78.8 Å². The summed E-state index contributed by atoms with van der Waals surface area (Å²) in [5, 5.41) is 14.0. The van der Waals surface area contributed by atoms with Crippen molar-refractivity contribution in [2.75, 3.05) is 23.3 Å². The molecule has 38 heavy (non-hydrogen) atoms. The van der Waals surface area contributed by atoms with E-state index in [1.165, 1.54) is 6.08 Å². The zero-order chi connectivity index (χ0) is 26.5. The molecule has 0 unspecified atom stereocenters. The molecule has 0 atom stereocenters. The summed E-state index contributed by atoms with van der Waals surface area (Å²) in [5.41, 5.74) is 10.4. The van der Waals surface area contributed by atoms with E-state index in [0.29, 0.717) is 54.2 Å². The third-order valence-electron chi connectivity index (χ3n) is 6.34. The molecule has 2 aromatic heterocycles. The van der Waals surface area contributed by atoms with Gasteiger partial charge in [-0.25, -0.2) is 0 Å². The highest BCUT2D eigenvalue weighted by Crippen LogP contribution is 2.40. The number of primary amides is 1. The van der Waals surface area contributed by atoms with Crippen LogP contribution >= 0.6 is 0 Å². The topological polar surface area (TPSA) is 117 Å². The Labute approximate surface area is 220 Å². The van der Waals surface area contributed by atoms with Gasteiger partial charge in [0.1, 0.15) is 11.8 Å². The van der Waals surface area contributed by atoms with E-state index in [0.717, 1.165) is 27.9 Å². The van der Waals surface area contributed by atoms with Crippen molar-refractivity contribution >= 4 is 33.9 Å². The Morgan fingerprint density at radius 3 is 2.66 bits per heavy atom. The van der Waals surface area contributed by atoms with Crippen LogP contribution in [-0.4, -0.2) is 29.0 Å². The van der Waals surface area contributed by atoms with Crippen LogP contribution in [0.1, 0.15) is 24.0 Å². The summed E-state index contributed by atoms with van der Waals surface area (Å²) in [6.07, 6.45) is 13.4. The Morgan fingerprint density at radius 1 is 1.16 bits per heavy atom. The predicted octanol–water partition coefficient (Wildman–Crippen LogP) is 5.03. The van der Waals surface area contributed by atoms with Crippen LogP contribution in [0, 0.1) is 23.7 Å². The number of piperidine rings is 1. The van der Waals surface area contributed by atoms with E-state index in [4.69, 9.17) is 16.9 Å². The van der Waals surface area contributed by atoms with Crippen molar-refractivity contribution in [1.29, 1.82) is 5.26 Å². The van der Waals surface area contributed by atoms with Crippen LogP contribution in [0.4, 0.5) is 17.1 Å². The van der Waals surface area contributed by atoms with Crippen molar-refractivity contribution in [3.8, 4) is 29.9 Å². The molecule has 186 valence electrons. The molecule has 0 radical (unpaired) electrons. The molecule has 1 fully saturated rings. The van der Waals surface area contributed by atoms with Crippen LogP contribution in [0.3, 0.4) is 0 Å². The molecule has 1 saturated heterocycles. The maximum atomic E-state index is 11.4. The minimum atomic E-state index is -0.430. The normalized spacial score (nSPS) is 12.9. The number of hydrogen-bond acceptors (Lipinski definition) is 7. The highest BCUT2D eigenvalue weighted by molar-refractivity contribution is 5.99. The van der Waals surface area contributed by atoms with Gasteiger partial charge in [-0.05, 0) is 49.2 Å². The molecule has 2 aromatic carbocycles. The lowest BCUT2D eigenvalue weighted by molar-refractivity contribution is -0.113. The van der Waals surface area contributed by atoms with Crippen LogP contribution in [0.25, 0.3) is 10.9 Å². The molecule has 5 rings (SSSR count).